The van der Waals surface area contributed by atoms with Crippen LogP contribution in [0.2, 0.25) is 0 Å². The molecule has 0 aliphatic heterocycles. The minimum absolute atomic E-state index is 0.0307. The van der Waals surface area contributed by atoms with Gasteiger partial charge < -0.3 is 10.0 Å². The fraction of sp³-hybridized carbons (Fsp3) is 0.429. The van der Waals surface area contributed by atoms with Crippen molar-refractivity contribution in [1.29, 1.82) is 0 Å². The van der Waals surface area contributed by atoms with Crippen molar-refractivity contribution in [3.63, 3.8) is 0 Å². The van der Waals surface area contributed by atoms with Gasteiger partial charge in [0.2, 0.25) is 0 Å². The summed E-state index contributed by atoms with van der Waals surface area (Å²) in [6.07, 6.45) is 0.104. The van der Waals surface area contributed by atoms with Crippen molar-refractivity contribution in [1.82, 2.24) is 0 Å². The summed E-state index contributed by atoms with van der Waals surface area (Å²) in [7, 11) is 0. The van der Waals surface area contributed by atoms with E-state index in [1.165, 1.54) is 6.92 Å². The molecule has 0 radical (unpaired) electrons. The summed E-state index contributed by atoms with van der Waals surface area (Å²) in [6.45, 7) is 6.02. The molecule has 0 spiro atoms. The first-order chi connectivity index (χ1) is 8.41. The van der Waals surface area contributed by atoms with Gasteiger partial charge in [0.25, 0.3) is 0 Å². The van der Waals surface area contributed by atoms with Gasteiger partial charge >= 0.3 is 5.97 Å². The van der Waals surface area contributed by atoms with Crippen LogP contribution < -0.4 is 4.90 Å². The number of ketones is 1. The molecular formula is C14H19NO3. The van der Waals surface area contributed by atoms with Crippen molar-refractivity contribution in [3.8, 4) is 0 Å². The highest BCUT2D eigenvalue weighted by Crippen LogP contribution is 2.18. The summed E-state index contributed by atoms with van der Waals surface area (Å²) in [5.74, 6) is -0.774. The highest BCUT2D eigenvalue weighted by molar-refractivity contribution is 5.94. The number of aliphatic carboxylic acids is 1. The molecule has 18 heavy (non-hydrogen) atoms. The van der Waals surface area contributed by atoms with Crippen LogP contribution in [0.15, 0.2) is 24.3 Å². The molecule has 0 bridgehead atoms. The van der Waals surface area contributed by atoms with E-state index in [1.807, 2.05) is 30.9 Å². The third-order valence-corrected chi connectivity index (χ3v) is 2.80. The fourth-order valence-corrected chi connectivity index (χ4v) is 1.79. The summed E-state index contributed by atoms with van der Waals surface area (Å²) in [6, 6.07) is 7.48. The average Bonchev–Trinajstić information content (AvgIpc) is 2.29. The Morgan fingerprint density at radius 1 is 1.22 bits per heavy atom. The lowest BCUT2D eigenvalue weighted by Gasteiger charge is -2.28. The van der Waals surface area contributed by atoms with Crippen LogP contribution in [-0.2, 0) is 4.79 Å². The second-order valence-corrected chi connectivity index (χ2v) is 4.53. The minimum Gasteiger partial charge on any atom is -0.481 e. The summed E-state index contributed by atoms with van der Waals surface area (Å²) in [5, 5.41) is 8.74. The number of benzene rings is 1. The predicted octanol–water partition coefficient (Wildman–Crippen LogP) is 2.58. The van der Waals surface area contributed by atoms with Gasteiger partial charge in [0, 0.05) is 23.8 Å². The fourth-order valence-electron chi connectivity index (χ4n) is 1.79. The Labute approximate surface area is 107 Å². The second-order valence-electron chi connectivity index (χ2n) is 4.53. The van der Waals surface area contributed by atoms with E-state index in [9.17, 15) is 9.59 Å². The van der Waals surface area contributed by atoms with E-state index in [0.717, 1.165) is 5.69 Å². The van der Waals surface area contributed by atoms with Gasteiger partial charge in [0.15, 0.2) is 5.78 Å². The van der Waals surface area contributed by atoms with Crippen molar-refractivity contribution >= 4 is 17.4 Å². The number of carbonyl (C=O) groups excluding carboxylic acids is 1. The maximum absolute atomic E-state index is 11.2. The number of carboxylic acids is 1. The lowest BCUT2D eigenvalue weighted by molar-refractivity contribution is -0.136. The molecule has 1 aromatic rings. The van der Waals surface area contributed by atoms with Crippen LogP contribution in [0.5, 0.6) is 0 Å². The number of nitrogens with zero attached hydrogens (tertiary/aromatic N) is 1. The standard InChI is InChI=1S/C14H19NO3/c1-10(2)15(9-8-14(17)18)13-6-4-12(5-7-13)11(3)16/h4-7,10H,8-9H2,1-3H3,(H,17,18). The van der Waals surface area contributed by atoms with Crippen LogP contribution in [0, 0.1) is 0 Å². The Hall–Kier alpha value is -1.84. The molecule has 1 N–H and O–H groups in total. The zero-order valence-corrected chi connectivity index (χ0v) is 11.0. The van der Waals surface area contributed by atoms with Crippen LogP contribution in [0.25, 0.3) is 0 Å². The highest BCUT2D eigenvalue weighted by Gasteiger charge is 2.12. The van der Waals surface area contributed by atoms with E-state index in [1.54, 1.807) is 12.1 Å². The first-order valence-corrected chi connectivity index (χ1v) is 6.01. The third-order valence-electron chi connectivity index (χ3n) is 2.80. The molecule has 0 saturated carbocycles. The Balaban J connectivity index is 2.85. The summed E-state index contributed by atoms with van der Waals surface area (Å²) in [4.78, 5) is 23.8. The lowest BCUT2D eigenvalue weighted by Crippen LogP contribution is -2.32. The zero-order chi connectivity index (χ0) is 13.7. The van der Waals surface area contributed by atoms with Gasteiger partial charge in [-0.25, -0.2) is 0 Å². The van der Waals surface area contributed by atoms with Crippen LogP contribution in [-0.4, -0.2) is 29.4 Å². The monoisotopic (exact) mass is 249 g/mol. The molecule has 4 nitrogen and oxygen atoms in total. The molecule has 0 unspecified atom stereocenters. The molecule has 0 aliphatic carbocycles. The first-order valence-electron chi connectivity index (χ1n) is 6.01. The van der Waals surface area contributed by atoms with Crippen molar-refractivity contribution < 1.29 is 14.7 Å². The smallest absolute Gasteiger partial charge is 0.305 e. The quantitative estimate of drug-likeness (QED) is 0.787. The lowest BCUT2D eigenvalue weighted by atomic mass is 10.1. The molecular weight excluding hydrogens is 230 g/mol. The van der Waals surface area contributed by atoms with Gasteiger partial charge in [0.05, 0.1) is 6.42 Å². The molecule has 0 aromatic heterocycles. The van der Waals surface area contributed by atoms with Crippen LogP contribution in [0.3, 0.4) is 0 Å². The van der Waals surface area contributed by atoms with Crippen LogP contribution in [0.1, 0.15) is 37.6 Å². The van der Waals surface area contributed by atoms with E-state index in [0.29, 0.717) is 12.1 Å². The number of carboxylic acid groups (broad SMARTS) is 1. The molecule has 1 rings (SSSR count). The number of hydrogen-bond acceptors (Lipinski definition) is 3. The number of hydrogen-bond donors (Lipinski definition) is 1. The largest absolute Gasteiger partial charge is 0.481 e. The van der Waals surface area contributed by atoms with E-state index in [-0.39, 0.29) is 18.2 Å². The van der Waals surface area contributed by atoms with E-state index in [2.05, 4.69) is 0 Å². The predicted molar refractivity (Wildman–Crippen MR) is 71.2 cm³/mol. The summed E-state index contributed by atoms with van der Waals surface area (Å²) in [5.41, 5.74) is 1.61. The molecule has 0 atom stereocenters. The first kappa shape index (κ1) is 14.2. The van der Waals surface area contributed by atoms with Crippen LogP contribution >= 0.6 is 0 Å². The summed E-state index contributed by atoms with van der Waals surface area (Å²) < 4.78 is 0. The van der Waals surface area contributed by atoms with E-state index >= 15 is 0 Å². The molecule has 98 valence electrons. The van der Waals surface area contributed by atoms with Gasteiger partial charge in [-0.2, -0.15) is 0 Å². The maximum Gasteiger partial charge on any atom is 0.305 e. The molecule has 4 heteroatoms. The Morgan fingerprint density at radius 3 is 2.17 bits per heavy atom. The SMILES string of the molecule is CC(=O)c1ccc(N(CCC(=O)O)C(C)C)cc1. The van der Waals surface area contributed by atoms with E-state index < -0.39 is 5.97 Å². The topological polar surface area (TPSA) is 57.6 Å². The van der Waals surface area contributed by atoms with Gasteiger partial charge in [-0.05, 0) is 45.0 Å². The van der Waals surface area contributed by atoms with Crippen molar-refractivity contribution in [2.24, 2.45) is 0 Å². The van der Waals surface area contributed by atoms with Crippen molar-refractivity contribution in [2.75, 3.05) is 11.4 Å². The Bertz CT molecular complexity index is 423. The molecule has 0 heterocycles. The maximum atomic E-state index is 11.2. The van der Waals surface area contributed by atoms with Crippen LogP contribution in [0.4, 0.5) is 5.69 Å². The van der Waals surface area contributed by atoms with E-state index in [4.69, 9.17) is 5.11 Å². The molecule has 1 aromatic carbocycles. The van der Waals surface area contributed by atoms with Crippen molar-refractivity contribution in [2.45, 2.75) is 33.2 Å². The number of Topliss-reactive ketones (excluding diaryl/α,β-unsaturated/α-hetero) is 1. The minimum atomic E-state index is -0.805. The zero-order valence-electron chi connectivity index (χ0n) is 11.0. The molecule has 0 aliphatic rings. The number of anilines is 1. The molecule has 0 fully saturated rings. The highest BCUT2D eigenvalue weighted by atomic mass is 16.4. The number of rotatable bonds is 6. The number of carbonyl (C=O) groups is 2. The Morgan fingerprint density at radius 2 is 1.78 bits per heavy atom. The summed E-state index contributed by atoms with van der Waals surface area (Å²) >= 11 is 0. The van der Waals surface area contributed by atoms with Gasteiger partial charge in [-0.3, -0.25) is 9.59 Å². The normalized spacial score (nSPS) is 10.4. The van der Waals surface area contributed by atoms with Gasteiger partial charge in [-0.15, -0.1) is 0 Å². The molecule has 0 saturated heterocycles. The Kier molecular flexibility index (Phi) is 4.89. The van der Waals surface area contributed by atoms with Gasteiger partial charge in [0.1, 0.15) is 0 Å². The molecule has 0 amide bonds. The second kappa shape index (κ2) is 6.19. The van der Waals surface area contributed by atoms with Gasteiger partial charge in [-0.1, -0.05) is 0 Å². The average molecular weight is 249 g/mol. The van der Waals surface area contributed by atoms with Crippen molar-refractivity contribution in [3.05, 3.63) is 29.8 Å². The third kappa shape index (κ3) is 3.87.